The second-order valence-electron chi connectivity index (χ2n) is 5.75. The van der Waals surface area contributed by atoms with Crippen LogP contribution in [0, 0.1) is 0 Å². The summed E-state index contributed by atoms with van der Waals surface area (Å²) < 4.78 is 11.0. The van der Waals surface area contributed by atoms with Crippen molar-refractivity contribution in [1.82, 2.24) is 5.06 Å². The van der Waals surface area contributed by atoms with Crippen LogP contribution in [-0.4, -0.2) is 37.0 Å². The summed E-state index contributed by atoms with van der Waals surface area (Å²) >= 11 is 0. The largest absolute Gasteiger partial charge is 0.374 e. The fraction of sp³-hybridized carbons (Fsp3) is 0.227. The predicted octanol–water partition coefficient (Wildman–Crippen LogP) is 3.99. The van der Waals surface area contributed by atoms with E-state index in [2.05, 4.69) is 13.2 Å². The number of carbonyl (C=O) groups is 1. The number of benzene rings is 2. The smallest absolute Gasteiger partial charge is 0.278 e. The van der Waals surface area contributed by atoms with E-state index in [1.807, 2.05) is 36.4 Å². The summed E-state index contributed by atoms with van der Waals surface area (Å²) in [5, 5.41) is 1.23. The van der Waals surface area contributed by atoms with Gasteiger partial charge in [0.2, 0.25) is 6.29 Å². The number of ether oxygens (including phenoxy) is 2. The van der Waals surface area contributed by atoms with Gasteiger partial charge in [-0.3, -0.25) is 4.79 Å². The summed E-state index contributed by atoms with van der Waals surface area (Å²) in [7, 11) is 1.48. The lowest BCUT2D eigenvalue weighted by molar-refractivity contribution is -0.241. The van der Waals surface area contributed by atoms with Crippen molar-refractivity contribution in [3.63, 3.8) is 0 Å². The molecule has 2 aromatic carbocycles. The maximum Gasteiger partial charge on any atom is 0.278 e. The number of hydroxylamine groups is 2. The lowest BCUT2D eigenvalue weighted by atomic mass is 10.2. The predicted molar refractivity (Wildman–Crippen MR) is 105 cm³/mol. The van der Waals surface area contributed by atoms with Gasteiger partial charge >= 0.3 is 0 Å². The van der Waals surface area contributed by atoms with Gasteiger partial charge in [-0.2, -0.15) is 0 Å². The summed E-state index contributed by atoms with van der Waals surface area (Å²) in [6.07, 6.45) is 2.31. The van der Waals surface area contributed by atoms with Crippen molar-refractivity contribution in [1.29, 1.82) is 0 Å². The molecule has 5 nitrogen and oxygen atoms in total. The monoisotopic (exact) mass is 367 g/mol. The second kappa shape index (κ2) is 11.1. The van der Waals surface area contributed by atoms with E-state index in [1.165, 1.54) is 18.2 Å². The summed E-state index contributed by atoms with van der Waals surface area (Å²) in [6.45, 7) is 8.13. The minimum atomic E-state index is -0.769. The van der Waals surface area contributed by atoms with Crippen LogP contribution < -0.4 is 0 Å². The number of hydrogen-bond acceptors (Lipinski definition) is 4. The van der Waals surface area contributed by atoms with E-state index < -0.39 is 12.3 Å². The Morgan fingerprint density at radius 2 is 1.67 bits per heavy atom. The Labute approximate surface area is 160 Å². The van der Waals surface area contributed by atoms with Gasteiger partial charge in [-0.15, -0.1) is 6.58 Å². The average molecular weight is 367 g/mol. The van der Waals surface area contributed by atoms with Gasteiger partial charge in [0, 0.05) is 12.7 Å². The quantitative estimate of drug-likeness (QED) is 0.342. The Balaban J connectivity index is 2.11. The molecule has 0 saturated carbocycles. The first-order valence-corrected chi connectivity index (χ1v) is 8.64. The molecule has 0 spiro atoms. The highest BCUT2D eigenvalue weighted by Crippen LogP contribution is 2.14. The molecular weight excluding hydrogens is 342 g/mol. The van der Waals surface area contributed by atoms with Gasteiger partial charge in [-0.1, -0.05) is 61.2 Å². The van der Waals surface area contributed by atoms with Crippen molar-refractivity contribution < 1.29 is 19.1 Å². The fourth-order valence-corrected chi connectivity index (χ4v) is 2.38. The number of rotatable bonds is 11. The molecule has 2 rings (SSSR count). The molecule has 0 bridgehead atoms. The van der Waals surface area contributed by atoms with Crippen LogP contribution in [0.2, 0.25) is 0 Å². The van der Waals surface area contributed by atoms with Crippen LogP contribution in [0.5, 0.6) is 0 Å². The highest BCUT2D eigenvalue weighted by atomic mass is 16.8. The van der Waals surface area contributed by atoms with Gasteiger partial charge in [-0.25, -0.2) is 9.90 Å². The number of nitrogens with zero attached hydrogens (tertiary/aromatic N) is 1. The van der Waals surface area contributed by atoms with Gasteiger partial charge in [0.25, 0.3) is 5.91 Å². The minimum Gasteiger partial charge on any atom is -0.374 e. The Morgan fingerprint density at radius 1 is 1.04 bits per heavy atom. The molecule has 2 atom stereocenters. The van der Waals surface area contributed by atoms with Crippen molar-refractivity contribution in [3.05, 3.63) is 97.1 Å². The summed E-state index contributed by atoms with van der Waals surface area (Å²) in [6, 6.07) is 18.2. The van der Waals surface area contributed by atoms with Crippen LogP contribution in [0.3, 0.4) is 0 Å². The van der Waals surface area contributed by atoms with E-state index in [-0.39, 0.29) is 12.5 Å². The third kappa shape index (κ3) is 6.18. The van der Waals surface area contributed by atoms with Crippen LogP contribution in [0.25, 0.3) is 0 Å². The van der Waals surface area contributed by atoms with E-state index in [9.17, 15) is 4.79 Å². The molecule has 1 amide bonds. The lowest BCUT2D eigenvalue weighted by Crippen LogP contribution is -2.44. The van der Waals surface area contributed by atoms with Crippen molar-refractivity contribution in [2.45, 2.75) is 18.9 Å². The summed E-state index contributed by atoms with van der Waals surface area (Å²) in [5.74, 6) is -0.312. The van der Waals surface area contributed by atoms with E-state index in [1.54, 1.807) is 30.3 Å². The molecule has 5 heteroatoms. The van der Waals surface area contributed by atoms with Crippen molar-refractivity contribution in [3.8, 4) is 0 Å². The molecule has 0 fully saturated rings. The number of amides is 1. The van der Waals surface area contributed by atoms with Crippen molar-refractivity contribution in [2.24, 2.45) is 0 Å². The summed E-state index contributed by atoms with van der Waals surface area (Å²) in [4.78, 5) is 18.7. The SMILES string of the molecule is C=CC(OC)ON(C(=O)c1ccccc1)C(C=C)COCc1ccccc1. The highest BCUT2D eigenvalue weighted by molar-refractivity contribution is 5.93. The fourth-order valence-electron chi connectivity index (χ4n) is 2.38. The Kier molecular flexibility index (Phi) is 8.45. The molecule has 0 aromatic heterocycles. The van der Waals surface area contributed by atoms with E-state index in [0.29, 0.717) is 12.2 Å². The zero-order valence-electron chi connectivity index (χ0n) is 15.5. The summed E-state index contributed by atoms with van der Waals surface area (Å²) in [5.41, 5.74) is 1.54. The maximum absolute atomic E-state index is 13.0. The third-order valence-electron chi connectivity index (χ3n) is 3.84. The van der Waals surface area contributed by atoms with Gasteiger partial charge < -0.3 is 9.47 Å². The zero-order chi connectivity index (χ0) is 19.5. The van der Waals surface area contributed by atoms with E-state index in [0.717, 1.165) is 5.56 Å². The zero-order valence-corrected chi connectivity index (χ0v) is 15.5. The Hall–Kier alpha value is -2.73. The molecule has 142 valence electrons. The molecule has 0 aliphatic carbocycles. The van der Waals surface area contributed by atoms with Crippen molar-refractivity contribution in [2.75, 3.05) is 13.7 Å². The standard InChI is InChI=1S/C22H25NO4/c1-4-20(17-26-16-18-12-8-6-9-13-18)23(27-21(5-2)25-3)22(24)19-14-10-7-11-15-19/h4-15,20-21H,1-2,16-17H2,3H3. The molecule has 0 radical (unpaired) electrons. The molecule has 2 unspecified atom stereocenters. The average Bonchev–Trinajstić information content (AvgIpc) is 2.74. The third-order valence-corrected chi connectivity index (χ3v) is 3.84. The topological polar surface area (TPSA) is 48.0 Å². The van der Waals surface area contributed by atoms with Crippen LogP contribution in [0.4, 0.5) is 0 Å². The van der Waals surface area contributed by atoms with E-state index >= 15 is 0 Å². The van der Waals surface area contributed by atoms with Crippen LogP contribution in [-0.2, 0) is 20.9 Å². The molecule has 2 aromatic rings. The number of methoxy groups -OCH3 is 1. The van der Waals surface area contributed by atoms with Crippen LogP contribution in [0.1, 0.15) is 15.9 Å². The normalized spacial score (nSPS) is 12.8. The minimum absolute atomic E-state index is 0.227. The molecular formula is C22H25NO4. The molecule has 0 saturated heterocycles. The molecule has 27 heavy (non-hydrogen) atoms. The molecule has 0 aliphatic heterocycles. The number of hydrogen-bond donors (Lipinski definition) is 0. The molecule has 0 heterocycles. The van der Waals surface area contributed by atoms with Gasteiger partial charge in [0.05, 0.1) is 13.2 Å². The van der Waals surface area contributed by atoms with Gasteiger partial charge in [0.1, 0.15) is 6.04 Å². The van der Waals surface area contributed by atoms with Gasteiger partial charge in [0.15, 0.2) is 0 Å². The van der Waals surface area contributed by atoms with Crippen LogP contribution >= 0.6 is 0 Å². The highest BCUT2D eigenvalue weighted by Gasteiger charge is 2.26. The first-order chi connectivity index (χ1) is 13.2. The first-order valence-electron chi connectivity index (χ1n) is 8.64. The van der Waals surface area contributed by atoms with Gasteiger partial charge in [-0.05, 0) is 23.8 Å². The van der Waals surface area contributed by atoms with Crippen molar-refractivity contribution >= 4 is 5.91 Å². The first kappa shape index (κ1) is 20.6. The maximum atomic E-state index is 13.0. The second-order valence-corrected chi connectivity index (χ2v) is 5.75. The Morgan fingerprint density at radius 3 is 2.22 bits per heavy atom. The van der Waals surface area contributed by atoms with E-state index in [4.69, 9.17) is 14.3 Å². The van der Waals surface area contributed by atoms with Crippen LogP contribution in [0.15, 0.2) is 86.0 Å². The molecule has 0 N–H and O–H groups in total. The number of carbonyl (C=O) groups excluding carboxylic acids is 1. The Bertz CT molecular complexity index is 718. The lowest BCUT2D eigenvalue weighted by Gasteiger charge is -2.30. The molecule has 0 aliphatic rings.